The standard InChI is InChI=1S/C15H21N3O3S.ClH/c1-12(19)18-8-2-3-13-4-5-14(11-15(13)18)22(20,21)17-9-6-16-7-10-17;/h4-5,11,16H,2-3,6-10H2,1H3;1H. The minimum absolute atomic E-state index is 0. The van der Waals surface area contributed by atoms with E-state index in [0.717, 1.165) is 24.1 Å². The van der Waals surface area contributed by atoms with Crippen LogP contribution in [0.15, 0.2) is 23.1 Å². The highest BCUT2D eigenvalue weighted by Gasteiger charge is 2.28. The van der Waals surface area contributed by atoms with Crippen molar-refractivity contribution in [1.82, 2.24) is 9.62 Å². The van der Waals surface area contributed by atoms with Crippen LogP contribution in [0.5, 0.6) is 0 Å². The molecule has 0 aromatic heterocycles. The average molecular weight is 360 g/mol. The van der Waals surface area contributed by atoms with Crippen molar-refractivity contribution >= 4 is 34.0 Å². The highest BCUT2D eigenvalue weighted by molar-refractivity contribution is 7.89. The predicted octanol–water partition coefficient (Wildman–Crippen LogP) is 1.00. The number of nitrogens with zero attached hydrogens (tertiary/aromatic N) is 2. The molecule has 8 heteroatoms. The van der Waals surface area contributed by atoms with Crippen molar-refractivity contribution < 1.29 is 13.2 Å². The Morgan fingerprint density at radius 3 is 2.52 bits per heavy atom. The Balaban J connectivity index is 0.00000192. The number of anilines is 1. The lowest BCUT2D eigenvalue weighted by atomic mass is 10.0. The van der Waals surface area contributed by atoms with Gasteiger partial charge >= 0.3 is 0 Å². The van der Waals surface area contributed by atoms with Crippen LogP contribution in [0.3, 0.4) is 0 Å². The summed E-state index contributed by atoms with van der Waals surface area (Å²) in [5.74, 6) is -0.0438. The van der Waals surface area contributed by atoms with Gasteiger partial charge in [0.1, 0.15) is 0 Å². The average Bonchev–Trinajstić information content (AvgIpc) is 2.54. The summed E-state index contributed by atoms with van der Waals surface area (Å²) in [5, 5.41) is 3.15. The lowest BCUT2D eigenvalue weighted by molar-refractivity contribution is -0.116. The molecule has 1 fully saturated rings. The SMILES string of the molecule is CC(=O)N1CCCc2ccc(S(=O)(=O)N3CCNCC3)cc21.Cl. The second-order valence-electron chi connectivity index (χ2n) is 5.72. The molecule has 1 aromatic rings. The quantitative estimate of drug-likeness (QED) is 0.855. The molecule has 1 saturated heterocycles. The van der Waals surface area contributed by atoms with Crippen LogP contribution >= 0.6 is 12.4 Å². The van der Waals surface area contributed by atoms with Crippen LogP contribution in [-0.2, 0) is 21.2 Å². The van der Waals surface area contributed by atoms with Crippen molar-refractivity contribution in [2.45, 2.75) is 24.7 Å². The van der Waals surface area contributed by atoms with E-state index in [2.05, 4.69) is 5.32 Å². The largest absolute Gasteiger partial charge is 0.314 e. The molecule has 1 N–H and O–H groups in total. The molecule has 128 valence electrons. The molecule has 6 nitrogen and oxygen atoms in total. The number of aryl methyl sites for hydroxylation is 1. The monoisotopic (exact) mass is 359 g/mol. The fourth-order valence-electron chi connectivity index (χ4n) is 3.08. The molecule has 2 aliphatic rings. The third kappa shape index (κ3) is 3.52. The first kappa shape index (κ1) is 18.2. The van der Waals surface area contributed by atoms with Crippen LogP contribution in [-0.4, -0.2) is 51.4 Å². The topological polar surface area (TPSA) is 69.7 Å². The van der Waals surface area contributed by atoms with Gasteiger partial charge in [0.05, 0.1) is 4.90 Å². The van der Waals surface area contributed by atoms with E-state index in [1.165, 1.54) is 11.2 Å². The molecule has 2 aliphatic heterocycles. The van der Waals surface area contributed by atoms with Gasteiger partial charge in [0.15, 0.2) is 0 Å². The van der Waals surface area contributed by atoms with Gasteiger partial charge in [-0.15, -0.1) is 12.4 Å². The number of rotatable bonds is 2. The van der Waals surface area contributed by atoms with Gasteiger partial charge < -0.3 is 10.2 Å². The number of hydrogen-bond acceptors (Lipinski definition) is 4. The first-order chi connectivity index (χ1) is 10.5. The molecular weight excluding hydrogens is 338 g/mol. The van der Waals surface area contributed by atoms with Gasteiger partial charge in [0.2, 0.25) is 15.9 Å². The van der Waals surface area contributed by atoms with Crippen molar-refractivity contribution in [1.29, 1.82) is 0 Å². The minimum Gasteiger partial charge on any atom is -0.314 e. The summed E-state index contributed by atoms with van der Waals surface area (Å²) in [6.45, 7) is 4.48. The Morgan fingerprint density at radius 1 is 1.17 bits per heavy atom. The van der Waals surface area contributed by atoms with Gasteiger partial charge in [0, 0.05) is 45.3 Å². The number of sulfonamides is 1. The number of nitrogens with one attached hydrogen (secondary N) is 1. The summed E-state index contributed by atoms with van der Waals surface area (Å²) in [6.07, 6.45) is 1.80. The van der Waals surface area contributed by atoms with Crippen LogP contribution in [0.2, 0.25) is 0 Å². The molecule has 0 atom stereocenters. The van der Waals surface area contributed by atoms with E-state index in [9.17, 15) is 13.2 Å². The third-order valence-corrected chi connectivity index (χ3v) is 6.16. The number of hydrogen-bond donors (Lipinski definition) is 1. The van der Waals surface area contributed by atoms with Crippen molar-refractivity contribution in [2.75, 3.05) is 37.6 Å². The molecule has 0 saturated carbocycles. The zero-order valence-electron chi connectivity index (χ0n) is 13.1. The normalized spacial score (nSPS) is 18.9. The van der Waals surface area contributed by atoms with Crippen molar-refractivity contribution in [2.24, 2.45) is 0 Å². The molecule has 0 spiro atoms. The zero-order chi connectivity index (χ0) is 15.7. The number of fused-ring (bicyclic) bond motifs is 1. The molecule has 23 heavy (non-hydrogen) atoms. The Hall–Kier alpha value is -1.15. The summed E-state index contributed by atoms with van der Waals surface area (Å²) in [5.41, 5.74) is 1.79. The summed E-state index contributed by atoms with van der Waals surface area (Å²) >= 11 is 0. The molecular formula is C15H22ClN3O3S. The van der Waals surface area contributed by atoms with E-state index in [1.54, 1.807) is 17.0 Å². The summed E-state index contributed by atoms with van der Waals surface area (Å²) in [7, 11) is -3.49. The zero-order valence-corrected chi connectivity index (χ0v) is 14.8. The van der Waals surface area contributed by atoms with E-state index in [1.807, 2.05) is 6.07 Å². The Labute approximate surface area is 143 Å². The van der Waals surface area contributed by atoms with Gasteiger partial charge in [-0.05, 0) is 30.5 Å². The second-order valence-corrected chi connectivity index (χ2v) is 7.66. The highest BCUT2D eigenvalue weighted by Crippen LogP contribution is 2.30. The summed E-state index contributed by atoms with van der Waals surface area (Å²) < 4.78 is 27.0. The fourth-order valence-corrected chi connectivity index (χ4v) is 4.54. The maximum atomic E-state index is 12.7. The Bertz CT molecular complexity index is 687. The minimum atomic E-state index is -3.49. The first-order valence-corrected chi connectivity index (χ1v) is 9.06. The maximum Gasteiger partial charge on any atom is 0.243 e. The molecule has 0 bridgehead atoms. The van der Waals surface area contributed by atoms with Crippen LogP contribution in [0.4, 0.5) is 5.69 Å². The Morgan fingerprint density at radius 2 is 1.87 bits per heavy atom. The third-order valence-electron chi connectivity index (χ3n) is 4.27. The van der Waals surface area contributed by atoms with Gasteiger partial charge in [-0.25, -0.2) is 8.42 Å². The van der Waals surface area contributed by atoms with Gasteiger partial charge in [-0.2, -0.15) is 4.31 Å². The Kier molecular flexibility index (Phi) is 5.67. The van der Waals surface area contributed by atoms with Crippen LogP contribution in [0.25, 0.3) is 0 Å². The van der Waals surface area contributed by atoms with Crippen molar-refractivity contribution in [3.05, 3.63) is 23.8 Å². The molecule has 0 aliphatic carbocycles. The van der Waals surface area contributed by atoms with Gasteiger partial charge in [-0.3, -0.25) is 4.79 Å². The fraction of sp³-hybridized carbons (Fsp3) is 0.533. The van der Waals surface area contributed by atoms with Crippen LogP contribution in [0.1, 0.15) is 18.9 Å². The predicted molar refractivity (Wildman–Crippen MR) is 91.7 cm³/mol. The number of halogens is 1. The first-order valence-electron chi connectivity index (χ1n) is 7.62. The van der Waals surface area contributed by atoms with Crippen LogP contribution < -0.4 is 10.2 Å². The second kappa shape index (κ2) is 7.17. The van der Waals surface area contributed by atoms with Gasteiger partial charge in [0.25, 0.3) is 0 Å². The molecule has 2 heterocycles. The van der Waals surface area contributed by atoms with E-state index < -0.39 is 10.0 Å². The number of carbonyl (C=O) groups excluding carboxylic acids is 1. The molecule has 3 rings (SSSR count). The van der Waals surface area contributed by atoms with Crippen molar-refractivity contribution in [3.8, 4) is 0 Å². The maximum absolute atomic E-state index is 12.7. The number of piperazine rings is 1. The lowest BCUT2D eigenvalue weighted by Crippen LogP contribution is -2.46. The summed E-state index contributed by atoms with van der Waals surface area (Å²) in [6, 6.07) is 5.17. The van der Waals surface area contributed by atoms with Crippen LogP contribution in [0, 0.1) is 0 Å². The number of carbonyl (C=O) groups is 1. The smallest absolute Gasteiger partial charge is 0.243 e. The van der Waals surface area contributed by atoms with E-state index >= 15 is 0 Å². The van der Waals surface area contributed by atoms with E-state index in [-0.39, 0.29) is 23.2 Å². The van der Waals surface area contributed by atoms with E-state index in [0.29, 0.717) is 32.7 Å². The van der Waals surface area contributed by atoms with Crippen molar-refractivity contribution in [3.63, 3.8) is 0 Å². The molecule has 1 aromatic carbocycles. The highest BCUT2D eigenvalue weighted by atomic mass is 35.5. The number of benzene rings is 1. The van der Waals surface area contributed by atoms with E-state index in [4.69, 9.17) is 0 Å². The van der Waals surface area contributed by atoms with Gasteiger partial charge in [-0.1, -0.05) is 6.07 Å². The number of amides is 1. The summed E-state index contributed by atoms with van der Waals surface area (Å²) in [4.78, 5) is 13.7. The molecule has 1 amide bonds. The molecule has 0 radical (unpaired) electrons. The lowest BCUT2D eigenvalue weighted by Gasteiger charge is -2.30. The molecule has 0 unspecified atom stereocenters.